The van der Waals surface area contributed by atoms with Crippen molar-refractivity contribution in [3.8, 4) is 0 Å². The third-order valence-electron chi connectivity index (χ3n) is 3.32. The molecule has 0 aliphatic heterocycles. The van der Waals surface area contributed by atoms with Crippen LogP contribution in [-0.4, -0.2) is 54.2 Å². The number of hydrogen-bond acceptors (Lipinski definition) is 6. The largest absolute Gasteiger partial charge is 4.00 e. The molecular formula is C20H36S8Sn. The summed E-state index contributed by atoms with van der Waals surface area (Å²) in [6, 6.07) is 0. The predicted molar refractivity (Wildman–Crippen MR) is 166 cm³/mol. The van der Waals surface area contributed by atoms with E-state index < -0.39 is 0 Å². The molecule has 0 heterocycles. The Morgan fingerprint density at radius 3 is 1.03 bits per heavy atom. The molecule has 0 radical (unpaired) electrons. The smallest absolute Gasteiger partial charge is 0.364 e. The van der Waals surface area contributed by atoms with E-state index in [2.05, 4.69) is 97.4 Å². The summed E-state index contributed by atoms with van der Waals surface area (Å²) in [6.07, 6.45) is 16.4. The normalized spacial score (nSPS) is 8.41. The first-order valence-electron chi connectivity index (χ1n) is 9.66. The van der Waals surface area contributed by atoms with Crippen molar-refractivity contribution in [2.24, 2.45) is 0 Å². The molecular weight excluding hydrogens is 615 g/mol. The van der Waals surface area contributed by atoms with Gasteiger partial charge in [-0.3, -0.25) is 0 Å². The van der Waals surface area contributed by atoms with Crippen molar-refractivity contribution in [2.45, 2.75) is 90.9 Å². The van der Waals surface area contributed by atoms with E-state index in [9.17, 15) is 0 Å². The minimum Gasteiger partial charge on any atom is -0.364 e. The van der Waals surface area contributed by atoms with E-state index in [1.165, 1.54) is 77.0 Å². The molecule has 29 heavy (non-hydrogen) atoms. The average Bonchev–Trinajstić information content (AvgIpc) is 2.69. The Balaban J connectivity index is -0.000000101. The second-order valence-electron chi connectivity index (χ2n) is 5.58. The van der Waals surface area contributed by atoms with Crippen LogP contribution in [-0.2, 0) is 0 Å². The van der Waals surface area contributed by atoms with Crippen LogP contribution in [0.2, 0.25) is 0 Å². The molecule has 0 bridgehead atoms. The summed E-state index contributed by atoms with van der Waals surface area (Å²) in [5.41, 5.74) is 0. The van der Waals surface area contributed by atoms with Crippen LogP contribution < -0.4 is 0 Å². The molecule has 0 atom stereocenters. The summed E-state index contributed by atoms with van der Waals surface area (Å²) in [7, 11) is 0. The molecule has 0 spiro atoms. The summed E-state index contributed by atoms with van der Waals surface area (Å²) < 4.78 is 9.40. The third-order valence-corrected chi connectivity index (χ3v) is 5.25. The second kappa shape index (κ2) is 52.5. The summed E-state index contributed by atoms with van der Waals surface area (Å²) in [5.74, 6) is 2.32. The number of hydrogen-bond donors (Lipinski definition) is 2. The number of rotatable bonds is 16. The Hall–Kier alpha value is 2.56. The standard InChI is InChI=1S/2C9H17S2.2CHS2.Sn/c2*1-2-3-4-5-6-7-8-11-9-10;2*2-1-3;/h2*2-8H2,1H3;2*(H,2,3);/q4*-1;+4. The van der Waals surface area contributed by atoms with Crippen LogP contribution >= 0.6 is 97.7 Å². The second-order valence-corrected chi connectivity index (χ2v) is 9.77. The maximum Gasteiger partial charge on any atom is 4.00 e. The van der Waals surface area contributed by atoms with Crippen LogP contribution in [0.3, 0.4) is 0 Å². The zero-order valence-corrected chi connectivity index (χ0v) is 27.3. The molecule has 9 heteroatoms. The van der Waals surface area contributed by atoms with Gasteiger partial charge in [0, 0.05) is 0 Å². The molecule has 0 nitrogen and oxygen atoms in total. The minimum absolute atomic E-state index is 0. The van der Waals surface area contributed by atoms with E-state index in [0.29, 0.717) is 0 Å². The van der Waals surface area contributed by atoms with Crippen LogP contribution in [0.4, 0.5) is 0 Å². The third kappa shape index (κ3) is 72.4. The molecule has 0 N–H and O–H groups in total. The molecule has 0 aromatic carbocycles. The number of thioether (sulfide) groups is 2. The molecule has 0 aromatic rings. The Morgan fingerprint density at radius 2 is 0.793 bits per heavy atom. The molecule has 168 valence electrons. The fourth-order valence-electron chi connectivity index (χ4n) is 1.99. The summed E-state index contributed by atoms with van der Waals surface area (Å²) in [6.45, 7) is 4.49. The van der Waals surface area contributed by atoms with Crippen molar-refractivity contribution < 1.29 is 0 Å². The average molecular weight is 652 g/mol. The van der Waals surface area contributed by atoms with Crippen LogP contribution in [0.1, 0.15) is 90.9 Å². The molecule has 0 rings (SSSR count). The molecule has 0 amide bonds. The first-order valence-corrected chi connectivity index (χ1v) is 14.2. The predicted octanol–water partition coefficient (Wildman–Crippen LogP) is 8.95. The van der Waals surface area contributed by atoms with Gasteiger partial charge in [0.1, 0.15) is 0 Å². The van der Waals surface area contributed by atoms with Crippen molar-refractivity contribution in [2.75, 3.05) is 11.5 Å². The summed E-state index contributed by atoms with van der Waals surface area (Å²) in [5, 5.41) is 0. The van der Waals surface area contributed by atoms with Crippen molar-refractivity contribution in [3.05, 3.63) is 0 Å². The monoisotopic (exact) mass is 652 g/mol. The van der Waals surface area contributed by atoms with Gasteiger partial charge in [0.25, 0.3) is 0 Å². The van der Waals surface area contributed by atoms with Crippen molar-refractivity contribution >= 4 is 140 Å². The SMILES string of the molecule is CCCCCCCCS[C-]=S.CCCCCCCCS[C-]=S.S=[C-]S.S=[C-]S.[Sn+4]. The summed E-state index contributed by atoms with van der Waals surface area (Å²) >= 11 is 27.2. The zero-order chi connectivity index (χ0) is 22.1. The quantitative estimate of drug-likeness (QED) is 0.0559. The van der Waals surface area contributed by atoms with E-state index in [1.807, 2.05) is 9.40 Å². The zero-order valence-electron chi connectivity index (χ0n) is 17.7. The number of unbranched alkanes of at least 4 members (excludes halogenated alkanes) is 10. The van der Waals surface area contributed by atoms with Crippen LogP contribution in [0, 0.1) is 0 Å². The van der Waals surface area contributed by atoms with E-state index in [4.69, 9.17) is 0 Å². The first-order chi connectivity index (χ1) is 13.7. The molecule has 0 aromatic heterocycles. The summed E-state index contributed by atoms with van der Waals surface area (Å²) in [4.78, 5) is 0. The van der Waals surface area contributed by atoms with Gasteiger partial charge in [-0.2, -0.15) is 0 Å². The van der Waals surface area contributed by atoms with Crippen LogP contribution in [0.25, 0.3) is 0 Å². The molecule has 0 saturated heterocycles. The van der Waals surface area contributed by atoms with Crippen LogP contribution in [0.5, 0.6) is 0 Å². The number of thiocarbonyl (C=S) groups is 4. The molecule has 0 unspecified atom stereocenters. The maximum atomic E-state index is 4.58. The van der Waals surface area contributed by atoms with Gasteiger partial charge in [0.2, 0.25) is 0 Å². The van der Waals surface area contributed by atoms with E-state index in [-0.39, 0.29) is 23.9 Å². The van der Waals surface area contributed by atoms with Gasteiger partial charge in [0.05, 0.1) is 0 Å². The van der Waals surface area contributed by atoms with Gasteiger partial charge in [-0.25, -0.2) is 0 Å². The number of thiol groups is 2. The Kier molecular flexibility index (Phi) is 75.6. The fraction of sp³-hybridized carbons (Fsp3) is 0.800. The topological polar surface area (TPSA) is 0 Å². The van der Waals surface area contributed by atoms with Gasteiger partial charge in [-0.15, -0.1) is 0 Å². The first kappa shape index (κ1) is 41.8. The molecule has 0 saturated carbocycles. The molecule has 0 aliphatic carbocycles. The van der Waals surface area contributed by atoms with Crippen molar-refractivity contribution in [3.63, 3.8) is 0 Å². The van der Waals surface area contributed by atoms with Crippen LogP contribution in [0.15, 0.2) is 0 Å². The molecule has 0 aliphatic rings. The molecule has 0 fully saturated rings. The van der Waals surface area contributed by atoms with Gasteiger partial charge in [-0.1, -0.05) is 78.1 Å². The van der Waals surface area contributed by atoms with Gasteiger partial charge < -0.3 is 116 Å². The fourth-order valence-corrected chi connectivity index (χ4v) is 3.36. The Labute approximate surface area is 240 Å². The van der Waals surface area contributed by atoms with E-state index >= 15 is 0 Å². The van der Waals surface area contributed by atoms with E-state index in [0.717, 1.165) is 11.5 Å². The van der Waals surface area contributed by atoms with Crippen molar-refractivity contribution in [1.29, 1.82) is 0 Å². The Morgan fingerprint density at radius 1 is 0.552 bits per heavy atom. The van der Waals surface area contributed by atoms with Gasteiger partial charge in [0.15, 0.2) is 0 Å². The van der Waals surface area contributed by atoms with Crippen molar-refractivity contribution in [1.82, 2.24) is 0 Å². The van der Waals surface area contributed by atoms with Gasteiger partial charge >= 0.3 is 23.9 Å². The Bertz CT molecular complexity index is 264. The van der Waals surface area contributed by atoms with E-state index in [1.54, 1.807) is 23.5 Å². The minimum atomic E-state index is 0. The maximum absolute atomic E-state index is 4.58. The van der Waals surface area contributed by atoms with Gasteiger partial charge in [-0.05, 0) is 24.3 Å².